The molecule has 0 fully saturated rings. The second-order valence-electron chi connectivity index (χ2n) is 4.74. The monoisotopic (exact) mass is 265 g/mol. The van der Waals surface area contributed by atoms with Crippen LogP contribution in [0.1, 0.15) is 13.8 Å². The van der Waals surface area contributed by atoms with Crippen LogP contribution in [0.3, 0.4) is 0 Å². The molecule has 19 heavy (non-hydrogen) atoms. The van der Waals surface area contributed by atoms with E-state index in [-0.39, 0.29) is 12.4 Å². The lowest BCUT2D eigenvalue weighted by Gasteiger charge is -2.18. The molecule has 2 rings (SSSR count). The van der Waals surface area contributed by atoms with Crippen molar-refractivity contribution in [3.63, 3.8) is 0 Å². The first kappa shape index (κ1) is 13.1. The lowest BCUT2D eigenvalue weighted by Crippen LogP contribution is -2.30. The number of carboxylic acid groups (broad SMARTS) is 1. The molecule has 0 aliphatic rings. The maximum absolute atomic E-state index is 13.1. The fraction of sp³-hybridized carbons (Fsp3) is 0.364. The molecular formula is C11H12FN5O2. The maximum Gasteiger partial charge on any atom is 0.310 e. The third-order valence-electron chi connectivity index (χ3n) is 2.62. The summed E-state index contributed by atoms with van der Waals surface area (Å²) in [5.41, 5.74) is -0.642. The van der Waals surface area contributed by atoms with Gasteiger partial charge in [0, 0.05) is 11.8 Å². The summed E-state index contributed by atoms with van der Waals surface area (Å²) in [7, 11) is 0. The summed E-state index contributed by atoms with van der Waals surface area (Å²) in [6.07, 6.45) is 2.48. The summed E-state index contributed by atoms with van der Waals surface area (Å²) >= 11 is 0. The molecule has 0 aliphatic heterocycles. The van der Waals surface area contributed by atoms with Gasteiger partial charge in [-0.25, -0.2) is 9.07 Å². The van der Waals surface area contributed by atoms with E-state index in [1.165, 1.54) is 16.9 Å². The lowest BCUT2D eigenvalue weighted by molar-refractivity contribution is -0.147. The van der Waals surface area contributed by atoms with Gasteiger partial charge in [-0.2, -0.15) is 0 Å². The van der Waals surface area contributed by atoms with Crippen LogP contribution in [-0.2, 0) is 11.3 Å². The SMILES string of the molecule is CC(C)(Cn1nnnc1-c1cncc(F)c1)C(=O)O. The zero-order chi connectivity index (χ0) is 14.0. The van der Waals surface area contributed by atoms with Crippen LogP contribution in [0.25, 0.3) is 11.4 Å². The zero-order valence-corrected chi connectivity index (χ0v) is 10.4. The number of hydrogen-bond acceptors (Lipinski definition) is 5. The molecule has 0 bridgehead atoms. The van der Waals surface area contributed by atoms with E-state index in [2.05, 4.69) is 20.5 Å². The van der Waals surface area contributed by atoms with Crippen LogP contribution in [0.15, 0.2) is 18.5 Å². The van der Waals surface area contributed by atoms with Crippen molar-refractivity contribution in [1.82, 2.24) is 25.2 Å². The summed E-state index contributed by atoms with van der Waals surface area (Å²) in [5, 5.41) is 20.1. The van der Waals surface area contributed by atoms with Crippen molar-refractivity contribution in [3.05, 3.63) is 24.3 Å². The molecular weight excluding hydrogens is 253 g/mol. The number of aromatic nitrogens is 5. The molecule has 0 radical (unpaired) electrons. The summed E-state index contributed by atoms with van der Waals surface area (Å²) in [4.78, 5) is 14.8. The van der Waals surface area contributed by atoms with Crippen LogP contribution < -0.4 is 0 Å². The number of hydrogen-bond donors (Lipinski definition) is 1. The molecule has 0 saturated carbocycles. The quantitative estimate of drug-likeness (QED) is 0.885. The Morgan fingerprint density at radius 3 is 2.84 bits per heavy atom. The van der Waals surface area contributed by atoms with Gasteiger partial charge in [0.15, 0.2) is 5.82 Å². The van der Waals surface area contributed by atoms with E-state index < -0.39 is 17.2 Å². The molecule has 8 heteroatoms. The zero-order valence-electron chi connectivity index (χ0n) is 10.4. The standard InChI is InChI=1S/C11H12FN5O2/c1-11(2,10(18)19)6-17-9(14-15-16-17)7-3-8(12)5-13-4-7/h3-5H,6H2,1-2H3,(H,18,19). The van der Waals surface area contributed by atoms with Gasteiger partial charge in [0.25, 0.3) is 0 Å². The lowest BCUT2D eigenvalue weighted by atomic mass is 9.94. The van der Waals surface area contributed by atoms with Gasteiger partial charge in [0.2, 0.25) is 0 Å². The molecule has 0 amide bonds. The van der Waals surface area contributed by atoms with Crippen LogP contribution >= 0.6 is 0 Å². The molecule has 2 aromatic rings. The smallest absolute Gasteiger partial charge is 0.310 e. The van der Waals surface area contributed by atoms with Crippen LogP contribution in [0, 0.1) is 11.2 Å². The van der Waals surface area contributed by atoms with Gasteiger partial charge in [-0.3, -0.25) is 9.78 Å². The Morgan fingerprint density at radius 1 is 1.47 bits per heavy atom. The first-order chi connectivity index (χ1) is 8.90. The number of aliphatic carboxylic acids is 1. The van der Waals surface area contributed by atoms with Crippen molar-refractivity contribution in [2.24, 2.45) is 5.41 Å². The highest BCUT2D eigenvalue weighted by Crippen LogP contribution is 2.22. The molecule has 2 heterocycles. The Kier molecular flexibility index (Phi) is 3.24. The van der Waals surface area contributed by atoms with Crippen LogP contribution in [0.4, 0.5) is 4.39 Å². The number of carbonyl (C=O) groups is 1. The number of tetrazole rings is 1. The first-order valence-electron chi connectivity index (χ1n) is 5.50. The van der Waals surface area contributed by atoms with E-state index in [1.54, 1.807) is 13.8 Å². The van der Waals surface area contributed by atoms with E-state index in [1.807, 2.05) is 0 Å². The molecule has 0 aliphatic carbocycles. The maximum atomic E-state index is 13.1. The van der Waals surface area contributed by atoms with E-state index in [9.17, 15) is 9.18 Å². The number of nitrogens with zero attached hydrogens (tertiary/aromatic N) is 5. The molecule has 0 saturated heterocycles. The summed E-state index contributed by atoms with van der Waals surface area (Å²) in [6, 6.07) is 1.24. The van der Waals surface area contributed by atoms with Gasteiger partial charge < -0.3 is 5.11 Å². The fourth-order valence-electron chi connectivity index (χ4n) is 1.49. The highest BCUT2D eigenvalue weighted by atomic mass is 19.1. The van der Waals surface area contributed by atoms with Gasteiger partial charge >= 0.3 is 5.97 Å². The molecule has 1 N–H and O–H groups in total. The van der Waals surface area contributed by atoms with E-state index in [4.69, 9.17) is 5.11 Å². The fourth-order valence-corrected chi connectivity index (χ4v) is 1.49. The molecule has 0 aromatic carbocycles. The van der Waals surface area contributed by atoms with Crippen LogP contribution in [-0.4, -0.2) is 36.3 Å². The first-order valence-corrected chi connectivity index (χ1v) is 5.50. The Hall–Kier alpha value is -2.38. The second kappa shape index (κ2) is 4.71. The van der Waals surface area contributed by atoms with Crippen molar-refractivity contribution < 1.29 is 14.3 Å². The average Bonchev–Trinajstić information content (AvgIpc) is 2.76. The predicted molar refractivity (Wildman–Crippen MR) is 62.4 cm³/mol. The van der Waals surface area contributed by atoms with Crippen molar-refractivity contribution in [2.45, 2.75) is 20.4 Å². The predicted octanol–water partition coefficient (Wildman–Crippen LogP) is 0.985. The van der Waals surface area contributed by atoms with Gasteiger partial charge in [-0.15, -0.1) is 5.10 Å². The molecule has 2 aromatic heterocycles. The molecule has 100 valence electrons. The Balaban J connectivity index is 2.36. The van der Waals surface area contributed by atoms with Gasteiger partial charge in [0.05, 0.1) is 18.2 Å². The van der Waals surface area contributed by atoms with E-state index >= 15 is 0 Å². The summed E-state index contributed by atoms with van der Waals surface area (Å²) < 4.78 is 14.4. The summed E-state index contributed by atoms with van der Waals surface area (Å²) in [6.45, 7) is 3.19. The number of carboxylic acids is 1. The van der Waals surface area contributed by atoms with E-state index in [0.29, 0.717) is 5.56 Å². The van der Waals surface area contributed by atoms with Crippen molar-refractivity contribution in [2.75, 3.05) is 0 Å². The van der Waals surface area contributed by atoms with Crippen molar-refractivity contribution in [3.8, 4) is 11.4 Å². The van der Waals surface area contributed by atoms with Crippen LogP contribution in [0.5, 0.6) is 0 Å². The minimum atomic E-state index is -1.04. The normalized spacial score (nSPS) is 11.5. The highest BCUT2D eigenvalue weighted by Gasteiger charge is 2.29. The third kappa shape index (κ3) is 2.72. The number of halogens is 1. The highest BCUT2D eigenvalue weighted by molar-refractivity contribution is 5.73. The average molecular weight is 265 g/mol. The molecule has 0 atom stereocenters. The van der Waals surface area contributed by atoms with Gasteiger partial charge in [-0.1, -0.05) is 0 Å². The topological polar surface area (TPSA) is 93.8 Å². The largest absolute Gasteiger partial charge is 0.481 e. The minimum Gasteiger partial charge on any atom is -0.481 e. The van der Waals surface area contributed by atoms with Gasteiger partial charge in [-0.05, 0) is 30.3 Å². The van der Waals surface area contributed by atoms with Crippen LogP contribution in [0.2, 0.25) is 0 Å². The third-order valence-corrected chi connectivity index (χ3v) is 2.62. The van der Waals surface area contributed by atoms with Crippen molar-refractivity contribution in [1.29, 1.82) is 0 Å². The number of rotatable bonds is 4. The Morgan fingerprint density at radius 2 is 2.21 bits per heavy atom. The Labute approximate surface area is 108 Å². The summed E-state index contributed by atoms with van der Waals surface area (Å²) in [5.74, 6) is -1.20. The van der Waals surface area contributed by atoms with Gasteiger partial charge in [0.1, 0.15) is 5.82 Å². The minimum absolute atomic E-state index is 0.0706. The molecule has 0 spiro atoms. The Bertz CT molecular complexity index is 611. The number of pyridine rings is 1. The van der Waals surface area contributed by atoms with E-state index in [0.717, 1.165) is 6.20 Å². The molecule has 7 nitrogen and oxygen atoms in total. The second-order valence-corrected chi connectivity index (χ2v) is 4.74. The molecule has 0 unspecified atom stereocenters. The van der Waals surface area contributed by atoms with Crippen molar-refractivity contribution >= 4 is 5.97 Å².